The number of unbranched alkanes of at least 4 members (excludes halogenated alkanes) is 2. The number of benzene rings is 1. The lowest BCUT2D eigenvalue weighted by atomic mass is 10.2. The van der Waals surface area contributed by atoms with E-state index in [4.69, 9.17) is 15.2 Å². The molecule has 0 atom stereocenters. The highest BCUT2D eigenvalue weighted by Gasteiger charge is 2.09. The number of carbonyl (C=O) groups is 1. The smallest absolute Gasteiger partial charge is 0.338 e. The maximum atomic E-state index is 11.6. The first-order valence-electron chi connectivity index (χ1n) is 5.79. The predicted octanol–water partition coefficient (Wildman–Crippen LogP) is 2.62. The van der Waals surface area contributed by atoms with Gasteiger partial charge in [-0.15, -0.1) is 0 Å². The number of nitrogen functional groups attached to an aromatic ring is 1. The summed E-state index contributed by atoms with van der Waals surface area (Å²) in [5, 5.41) is 0. The molecule has 94 valence electrons. The quantitative estimate of drug-likeness (QED) is 0.469. The molecule has 0 saturated carbocycles. The van der Waals surface area contributed by atoms with Gasteiger partial charge in [0.15, 0.2) is 0 Å². The van der Waals surface area contributed by atoms with Gasteiger partial charge in [0.25, 0.3) is 0 Å². The molecule has 4 heteroatoms. The molecule has 0 unspecified atom stereocenters. The van der Waals surface area contributed by atoms with Crippen LogP contribution in [0.1, 0.15) is 36.5 Å². The van der Waals surface area contributed by atoms with E-state index in [1.807, 2.05) is 0 Å². The van der Waals surface area contributed by atoms with E-state index < -0.39 is 0 Å². The molecular formula is C13H19NO3. The Labute approximate surface area is 102 Å². The molecular weight excluding hydrogens is 218 g/mol. The number of rotatable bonds is 6. The van der Waals surface area contributed by atoms with Crippen molar-refractivity contribution in [1.82, 2.24) is 0 Å². The molecule has 0 radical (unpaired) electrons. The Balaban J connectivity index is 2.54. The molecule has 0 spiro atoms. The Kier molecular flexibility index (Phi) is 5.33. The van der Waals surface area contributed by atoms with Gasteiger partial charge >= 0.3 is 5.97 Å². The summed E-state index contributed by atoms with van der Waals surface area (Å²) >= 11 is 0. The summed E-state index contributed by atoms with van der Waals surface area (Å²) in [6, 6.07) is 4.89. The Bertz CT molecular complexity index is 377. The Morgan fingerprint density at radius 3 is 2.71 bits per heavy atom. The van der Waals surface area contributed by atoms with Crippen molar-refractivity contribution in [2.45, 2.75) is 26.2 Å². The third-order valence-electron chi connectivity index (χ3n) is 2.45. The van der Waals surface area contributed by atoms with Gasteiger partial charge in [-0.05, 0) is 24.6 Å². The van der Waals surface area contributed by atoms with E-state index >= 15 is 0 Å². The highest BCUT2D eigenvalue weighted by atomic mass is 16.5. The molecule has 1 rings (SSSR count). The fraction of sp³-hybridized carbons (Fsp3) is 0.462. The Morgan fingerprint density at radius 1 is 1.35 bits per heavy atom. The minimum absolute atomic E-state index is 0.338. The first-order valence-corrected chi connectivity index (χ1v) is 5.79. The van der Waals surface area contributed by atoms with E-state index in [0.717, 1.165) is 19.3 Å². The molecule has 1 aromatic rings. The average Bonchev–Trinajstić information content (AvgIpc) is 2.34. The summed E-state index contributed by atoms with van der Waals surface area (Å²) in [5.74, 6) is 0.225. The van der Waals surface area contributed by atoms with Crippen LogP contribution in [0.3, 0.4) is 0 Å². The first-order chi connectivity index (χ1) is 8.19. The van der Waals surface area contributed by atoms with Crippen LogP contribution in [0, 0.1) is 0 Å². The van der Waals surface area contributed by atoms with Gasteiger partial charge in [0.1, 0.15) is 5.75 Å². The van der Waals surface area contributed by atoms with Crippen molar-refractivity contribution in [2.75, 3.05) is 19.5 Å². The third kappa shape index (κ3) is 3.98. The molecule has 17 heavy (non-hydrogen) atoms. The fourth-order valence-corrected chi connectivity index (χ4v) is 1.46. The van der Waals surface area contributed by atoms with Gasteiger partial charge in [-0.25, -0.2) is 4.79 Å². The van der Waals surface area contributed by atoms with Crippen LogP contribution in [0.15, 0.2) is 18.2 Å². The zero-order valence-corrected chi connectivity index (χ0v) is 10.4. The first kappa shape index (κ1) is 13.4. The molecule has 0 amide bonds. The molecule has 0 heterocycles. The average molecular weight is 237 g/mol. The summed E-state index contributed by atoms with van der Waals surface area (Å²) in [6.45, 7) is 2.56. The summed E-state index contributed by atoms with van der Waals surface area (Å²) < 4.78 is 10.1. The molecule has 0 aliphatic carbocycles. The van der Waals surface area contributed by atoms with Crippen LogP contribution in [0.2, 0.25) is 0 Å². The maximum Gasteiger partial charge on any atom is 0.338 e. The van der Waals surface area contributed by atoms with Crippen molar-refractivity contribution in [3.63, 3.8) is 0 Å². The molecule has 0 aromatic heterocycles. The minimum Gasteiger partial charge on any atom is -0.495 e. The van der Waals surface area contributed by atoms with Gasteiger partial charge in [0, 0.05) is 0 Å². The topological polar surface area (TPSA) is 61.5 Å². The number of ether oxygens (including phenoxy) is 2. The zero-order chi connectivity index (χ0) is 12.7. The lowest BCUT2D eigenvalue weighted by Gasteiger charge is -2.07. The van der Waals surface area contributed by atoms with E-state index in [2.05, 4.69) is 6.92 Å². The van der Waals surface area contributed by atoms with Crippen LogP contribution in [-0.2, 0) is 4.74 Å². The molecule has 0 fully saturated rings. The van der Waals surface area contributed by atoms with Crippen molar-refractivity contribution >= 4 is 11.7 Å². The number of anilines is 1. The second-order valence-corrected chi connectivity index (χ2v) is 3.80. The Hall–Kier alpha value is -1.71. The van der Waals surface area contributed by atoms with Gasteiger partial charge in [-0.1, -0.05) is 19.8 Å². The Morgan fingerprint density at radius 2 is 2.12 bits per heavy atom. The molecule has 0 bridgehead atoms. The van der Waals surface area contributed by atoms with E-state index in [0.29, 0.717) is 23.6 Å². The van der Waals surface area contributed by atoms with Crippen molar-refractivity contribution in [2.24, 2.45) is 0 Å². The largest absolute Gasteiger partial charge is 0.495 e. The SMILES string of the molecule is CCCCCOC(=O)c1ccc(OC)c(N)c1. The molecule has 4 nitrogen and oxygen atoms in total. The zero-order valence-electron chi connectivity index (χ0n) is 10.4. The predicted molar refractivity (Wildman–Crippen MR) is 67.2 cm³/mol. The molecule has 1 aromatic carbocycles. The van der Waals surface area contributed by atoms with Crippen molar-refractivity contribution < 1.29 is 14.3 Å². The summed E-state index contributed by atoms with van der Waals surface area (Å²) in [6.07, 6.45) is 3.07. The van der Waals surface area contributed by atoms with Crippen LogP contribution >= 0.6 is 0 Å². The molecule has 0 aliphatic heterocycles. The number of carbonyl (C=O) groups excluding carboxylic acids is 1. The standard InChI is InChI=1S/C13H19NO3/c1-3-4-5-8-17-13(15)10-6-7-12(16-2)11(14)9-10/h6-7,9H,3-5,8,14H2,1-2H3. The number of nitrogens with two attached hydrogens (primary N) is 1. The number of hydrogen-bond donors (Lipinski definition) is 1. The van der Waals surface area contributed by atoms with E-state index in [1.165, 1.54) is 7.11 Å². The van der Waals surface area contributed by atoms with Gasteiger partial charge in [0.05, 0.1) is 25.0 Å². The molecule has 0 saturated heterocycles. The number of esters is 1. The monoisotopic (exact) mass is 237 g/mol. The van der Waals surface area contributed by atoms with E-state index in [1.54, 1.807) is 18.2 Å². The number of methoxy groups -OCH3 is 1. The lowest BCUT2D eigenvalue weighted by Crippen LogP contribution is -2.07. The second kappa shape index (κ2) is 6.78. The highest BCUT2D eigenvalue weighted by molar-refractivity contribution is 5.91. The summed E-state index contributed by atoms with van der Waals surface area (Å²) in [5.41, 5.74) is 6.61. The van der Waals surface area contributed by atoms with Crippen LogP contribution < -0.4 is 10.5 Å². The van der Waals surface area contributed by atoms with Crippen molar-refractivity contribution in [1.29, 1.82) is 0 Å². The third-order valence-corrected chi connectivity index (χ3v) is 2.45. The molecule has 0 aliphatic rings. The minimum atomic E-state index is -0.338. The lowest BCUT2D eigenvalue weighted by molar-refractivity contribution is 0.0498. The summed E-state index contributed by atoms with van der Waals surface area (Å²) in [4.78, 5) is 11.6. The van der Waals surface area contributed by atoms with Crippen molar-refractivity contribution in [3.05, 3.63) is 23.8 Å². The van der Waals surface area contributed by atoms with Gasteiger partial charge in [-0.3, -0.25) is 0 Å². The van der Waals surface area contributed by atoms with Crippen molar-refractivity contribution in [3.8, 4) is 5.75 Å². The summed E-state index contributed by atoms with van der Waals surface area (Å²) in [7, 11) is 1.54. The van der Waals surface area contributed by atoms with Crippen LogP contribution in [0.4, 0.5) is 5.69 Å². The normalized spacial score (nSPS) is 10.0. The van der Waals surface area contributed by atoms with Crippen LogP contribution in [-0.4, -0.2) is 19.7 Å². The highest BCUT2D eigenvalue weighted by Crippen LogP contribution is 2.22. The number of hydrogen-bond acceptors (Lipinski definition) is 4. The van der Waals surface area contributed by atoms with Gasteiger partial charge in [0.2, 0.25) is 0 Å². The van der Waals surface area contributed by atoms with Gasteiger partial charge in [-0.2, -0.15) is 0 Å². The molecule has 2 N–H and O–H groups in total. The van der Waals surface area contributed by atoms with Crippen LogP contribution in [0.25, 0.3) is 0 Å². The second-order valence-electron chi connectivity index (χ2n) is 3.80. The maximum absolute atomic E-state index is 11.6. The van der Waals surface area contributed by atoms with Gasteiger partial charge < -0.3 is 15.2 Å². The van der Waals surface area contributed by atoms with E-state index in [9.17, 15) is 4.79 Å². The fourth-order valence-electron chi connectivity index (χ4n) is 1.46. The van der Waals surface area contributed by atoms with Crippen LogP contribution in [0.5, 0.6) is 5.75 Å². The van der Waals surface area contributed by atoms with E-state index in [-0.39, 0.29) is 5.97 Å².